The molecule has 5 heteroatoms. The van der Waals surface area contributed by atoms with Gasteiger partial charge in [-0.25, -0.2) is 0 Å². The van der Waals surface area contributed by atoms with Gasteiger partial charge in [-0.3, -0.25) is 4.79 Å². The molecule has 2 unspecified atom stereocenters. The van der Waals surface area contributed by atoms with Crippen LogP contribution in [-0.2, 0) is 14.3 Å². The molecule has 15 heavy (non-hydrogen) atoms. The van der Waals surface area contributed by atoms with Gasteiger partial charge >= 0.3 is 5.97 Å². The maximum atomic E-state index is 11.3. The number of hydrogen-bond donors (Lipinski definition) is 2. The Kier molecular flexibility index (Phi) is 4.50. The Morgan fingerprint density at radius 1 is 1.73 bits per heavy atom. The second-order valence-electron chi connectivity index (χ2n) is 3.89. The molecule has 1 saturated heterocycles. The summed E-state index contributed by atoms with van der Waals surface area (Å²) in [6.45, 7) is 3.16. The summed E-state index contributed by atoms with van der Waals surface area (Å²) in [4.78, 5) is 11.3. The van der Waals surface area contributed by atoms with Gasteiger partial charge in [0.1, 0.15) is 11.6 Å². The van der Waals surface area contributed by atoms with Gasteiger partial charge in [-0.2, -0.15) is 0 Å². The maximum Gasteiger partial charge on any atom is 0.322 e. The van der Waals surface area contributed by atoms with Crippen LogP contribution in [0.1, 0.15) is 19.8 Å². The Morgan fingerprint density at radius 2 is 2.47 bits per heavy atom. The van der Waals surface area contributed by atoms with E-state index >= 15 is 0 Å². The van der Waals surface area contributed by atoms with Gasteiger partial charge in [-0.1, -0.05) is 6.92 Å². The van der Waals surface area contributed by atoms with Gasteiger partial charge < -0.3 is 19.9 Å². The minimum Gasteiger partial charge on any atom is -0.468 e. The fourth-order valence-electron chi connectivity index (χ4n) is 1.59. The number of ether oxygens (including phenoxy) is 2. The third-order valence-corrected chi connectivity index (χ3v) is 2.65. The molecule has 1 rings (SSSR count). The topological polar surface area (TPSA) is 67.8 Å². The number of carbonyl (C=O) groups is 1. The van der Waals surface area contributed by atoms with E-state index in [9.17, 15) is 9.90 Å². The molecule has 0 amide bonds. The van der Waals surface area contributed by atoms with Crippen molar-refractivity contribution < 1.29 is 19.4 Å². The van der Waals surface area contributed by atoms with Crippen molar-refractivity contribution in [1.29, 1.82) is 0 Å². The smallest absolute Gasteiger partial charge is 0.322 e. The summed E-state index contributed by atoms with van der Waals surface area (Å²) < 4.78 is 9.74. The molecule has 0 aromatic carbocycles. The quantitative estimate of drug-likeness (QED) is 0.618. The summed E-state index contributed by atoms with van der Waals surface area (Å²) in [5.74, 6) is -0.292. The summed E-state index contributed by atoms with van der Waals surface area (Å²) in [5.41, 5.74) is -0.832. The molecule has 1 aliphatic heterocycles. The van der Waals surface area contributed by atoms with Crippen molar-refractivity contribution in [3.05, 3.63) is 0 Å². The van der Waals surface area contributed by atoms with Crippen molar-refractivity contribution in [2.75, 3.05) is 26.9 Å². The fraction of sp³-hybridized carbons (Fsp3) is 0.900. The van der Waals surface area contributed by atoms with Gasteiger partial charge in [-0.05, 0) is 6.42 Å². The van der Waals surface area contributed by atoms with Crippen molar-refractivity contribution in [2.45, 2.75) is 31.4 Å². The Bertz CT molecular complexity index is 213. The van der Waals surface area contributed by atoms with Crippen LogP contribution in [-0.4, -0.2) is 49.6 Å². The lowest BCUT2D eigenvalue weighted by molar-refractivity contribution is -0.143. The lowest BCUT2D eigenvalue weighted by Gasteiger charge is -2.23. The number of hydrogen-bond acceptors (Lipinski definition) is 5. The molecule has 1 fully saturated rings. The third kappa shape index (κ3) is 3.44. The Labute approximate surface area is 89.8 Å². The van der Waals surface area contributed by atoms with E-state index in [-0.39, 0.29) is 12.0 Å². The predicted molar refractivity (Wildman–Crippen MR) is 54.5 cm³/mol. The zero-order valence-corrected chi connectivity index (χ0v) is 9.28. The van der Waals surface area contributed by atoms with Crippen LogP contribution in [0.3, 0.4) is 0 Å². The lowest BCUT2D eigenvalue weighted by Crippen LogP contribution is -2.47. The van der Waals surface area contributed by atoms with Crippen molar-refractivity contribution in [3.8, 4) is 0 Å². The second-order valence-corrected chi connectivity index (χ2v) is 3.89. The first kappa shape index (κ1) is 12.4. The lowest BCUT2D eigenvalue weighted by atomic mass is 10.0. The summed E-state index contributed by atoms with van der Waals surface area (Å²) >= 11 is 0. The molecule has 1 heterocycles. The van der Waals surface area contributed by atoms with Crippen LogP contribution >= 0.6 is 0 Å². The van der Waals surface area contributed by atoms with E-state index < -0.39 is 5.60 Å². The zero-order chi connectivity index (χ0) is 11.3. The molecule has 1 aliphatic rings. The summed E-state index contributed by atoms with van der Waals surface area (Å²) in [7, 11) is 1.36. The number of carbonyl (C=O) groups excluding carboxylic acids is 1. The number of rotatable bonds is 5. The molecule has 0 saturated carbocycles. The largest absolute Gasteiger partial charge is 0.468 e. The Balaban J connectivity index is 2.36. The van der Waals surface area contributed by atoms with E-state index in [0.29, 0.717) is 32.6 Å². The number of methoxy groups -OCH3 is 1. The van der Waals surface area contributed by atoms with Crippen LogP contribution in [0.15, 0.2) is 0 Å². The highest BCUT2D eigenvalue weighted by molar-refractivity contribution is 5.75. The van der Waals surface area contributed by atoms with Crippen molar-refractivity contribution >= 4 is 5.97 Å². The number of esters is 1. The summed E-state index contributed by atoms with van der Waals surface area (Å²) in [5, 5.41) is 12.9. The van der Waals surface area contributed by atoms with Crippen LogP contribution in [0.4, 0.5) is 0 Å². The monoisotopic (exact) mass is 217 g/mol. The van der Waals surface area contributed by atoms with Crippen molar-refractivity contribution in [1.82, 2.24) is 5.32 Å². The molecule has 2 N–H and O–H groups in total. The normalized spacial score (nSPS) is 27.7. The summed E-state index contributed by atoms with van der Waals surface area (Å²) in [6, 6.07) is -0.348. The first-order valence-electron chi connectivity index (χ1n) is 5.22. The third-order valence-electron chi connectivity index (χ3n) is 2.65. The van der Waals surface area contributed by atoms with Gasteiger partial charge in [0.15, 0.2) is 0 Å². The number of aliphatic hydroxyl groups is 1. The van der Waals surface area contributed by atoms with E-state index in [1.807, 2.05) is 6.92 Å². The highest BCUT2D eigenvalue weighted by Crippen LogP contribution is 2.17. The minimum absolute atomic E-state index is 0.292. The van der Waals surface area contributed by atoms with Crippen LogP contribution in [0.2, 0.25) is 0 Å². The Hall–Kier alpha value is -0.650. The first-order valence-corrected chi connectivity index (χ1v) is 5.22. The zero-order valence-electron chi connectivity index (χ0n) is 9.28. The molecule has 0 radical (unpaired) electrons. The average Bonchev–Trinajstić information content (AvgIpc) is 2.66. The minimum atomic E-state index is -0.832. The molecule has 0 aliphatic carbocycles. The predicted octanol–water partition coefficient (Wildman–Crippen LogP) is -0.321. The fourth-order valence-corrected chi connectivity index (χ4v) is 1.59. The van der Waals surface area contributed by atoms with Gasteiger partial charge in [0.2, 0.25) is 0 Å². The van der Waals surface area contributed by atoms with Crippen LogP contribution in [0, 0.1) is 0 Å². The Morgan fingerprint density at radius 3 is 2.93 bits per heavy atom. The van der Waals surface area contributed by atoms with Crippen molar-refractivity contribution in [3.63, 3.8) is 0 Å². The van der Waals surface area contributed by atoms with Gasteiger partial charge in [0.25, 0.3) is 0 Å². The van der Waals surface area contributed by atoms with E-state index in [1.54, 1.807) is 0 Å². The average molecular weight is 217 g/mol. The van der Waals surface area contributed by atoms with Crippen LogP contribution in [0.25, 0.3) is 0 Å². The molecular formula is C10H19NO4. The van der Waals surface area contributed by atoms with Crippen LogP contribution < -0.4 is 5.32 Å². The maximum absolute atomic E-state index is 11.3. The molecule has 0 aromatic heterocycles. The van der Waals surface area contributed by atoms with Gasteiger partial charge in [-0.15, -0.1) is 0 Å². The van der Waals surface area contributed by atoms with E-state index in [2.05, 4.69) is 10.1 Å². The molecule has 5 nitrogen and oxygen atoms in total. The standard InChI is InChI=1S/C10H19NO4/c1-3-8(9(12)14-2)11-6-10(13)4-5-15-7-10/h8,11,13H,3-7H2,1-2H3. The molecule has 0 spiro atoms. The molecule has 0 bridgehead atoms. The highest BCUT2D eigenvalue weighted by Gasteiger charge is 2.33. The van der Waals surface area contributed by atoms with Crippen molar-refractivity contribution in [2.24, 2.45) is 0 Å². The SMILES string of the molecule is CCC(NCC1(O)CCOC1)C(=O)OC. The molecular weight excluding hydrogens is 198 g/mol. The number of nitrogens with one attached hydrogen (secondary N) is 1. The van der Waals surface area contributed by atoms with Crippen LogP contribution in [0.5, 0.6) is 0 Å². The van der Waals surface area contributed by atoms with Gasteiger partial charge in [0, 0.05) is 19.6 Å². The molecule has 2 atom stereocenters. The second kappa shape index (κ2) is 5.44. The van der Waals surface area contributed by atoms with E-state index in [0.717, 1.165) is 0 Å². The molecule has 0 aromatic rings. The summed E-state index contributed by atoms with van der Waals surface area (Å²) in [6.07, 6.45) is 1.25. The first-order chi connectivity index (χ1) is 7.11. The molecule has 88 valence electrons. The highest BCUT2D eigenvalue weighted by atomic mass is 16.5. The van der Waals surface area contributed by atoms with E-state index in [1.165, 1.54) is 7.11 Å². The van der Waals surface area contributed by atoms with Gasteiger partial charge in [0.05, 0.1) is 13.7 Å². The van der Waals surface area contributed by atoms with E-state index in [4.69, 9.17) is 4.74 Å².